The molecule has 0 atom stereocenters. The maximum absolute atomic E-state index is 12.1. The predicted molar refractivity (Wildman–Crippen MR) is 79.9 cm³/mol. The van der Waals surface area contributed by atoms with Gasteiger partial charge in [0, 0.05) is 16.1 Å². The number of carbonyl (C=O) groups excluding carboxylic acids is 1. The van der Waals surface area contributed by atoms with E-state index in [1.54, 1.807) is 37.3 Å². The van der Waals surface area contributed by atoms with Crippen LogP contribution in [0.25, 0.3) is 0 Å². The lowest BCUT2D eigenvalue weighted by Crippen LogP contribution is -2.13. The largest absolute Gasteiger partial charge is 0.321 e. The van der Waals surface area contributed by atoms with Crippen molar-refractivity contribution in [3.05, 3.63) is 68.2 Å². The third-order valence-corrected chi connectivity index (χ3v) is 3.33. The second-order valence-corrected chi connectivity index (χ2v) is 5.09. The Morgan fingerprint density at radius 1 is 1.25 bits per heavy atom. The third kappa shape index (κ3) is 3.03. The van der Waals surface area contributed by atoms with Gasteiger partial charge in [-0.1, -0.05) is 28.1 Å². The van der Waals surface area contributed by atoms with Crippen molar-refractivity contribution in [3.63, 3.8) is 0 Å². The van der Waals surface area contributed by atoms with Crippen LogP contribution < -0.4 is 5.32 Å². The number of carbonyl (C=O) groups is 1. The van der Waals surface area contributed by atoms with Gasteiger partial charge in [0.2, 0.25) is 0 Å². The number of rotatable bonds is 3. The van der Waals surface area contributed by atoms with Crippen LogP contribution in [-0.4, -0.2) is 10.8 Å². The van der Waals surface area contributed by atoms with Crippen LogP contribution in [0, 0.1) is 17.0 Å². The van der Waals surface area contributed by atoms with Crippen molar-refractivity contribution in [1.82, 2.24) is 0 Å². The lowest BCUT2D eigenvalue weighted by molar-refractivity contribution is -0.385. The van der Waals surface area contributed by atoms with Gasteiger partial charge in [0.15, 0.2) is 0 Å². The zero-order valence-corrected chi connectivity index (χ0v) is 12.2. The van der Waals surface area contributed by atoms with Crippen LogP contribution in [0.4, 0.5) is 11.4 Å². The molecule has 2 aromatic carbocycles. The molecule has 0 radical (unpaired) electrons. The van der Waals surface area contributed by atoms with Crippen LogP contribution in [-0.2, 0) is 0 Å². The van der Waals surface area contributed by atoms with E-state index in [1.165, 1.54) is 6.07 Å². The Balaban J connectivity index is 2.29. The summed E-state index contributed by atoms with van der Waals surface area (Å²) < 4.78 is 0.793. The van der Waals surface area contributed by atoms with Crippen molar-refractivity contribution in [2.24, 2.45) is 0 Å². The number of amides is 1. The summed E-state index contributed by atoms with van der Waals surface area (Å²) in [6, 6.07) is 11.5. The standard InChI is InChI=1S/C14H11BrN2O3/c1-9-12(6-3-7-13(9)17(19)20)16-14(18)10-4-2-5-11(15)8-10/h2-8H,1H3,(H,16,18). The van der Waals surface area contributed by atoms with Crippen molar-refractivity contribution in [1.29, 1.82) is 0 Å². The van der Waals surface area contributed by atoms with E-state index in [1.807, 2.05) is 6.07 Å². The summed E-state index contributed by atoms with van der Waals surface area (Å²) in [5.74, 6) is -0.310. The summed E-state index contributed by atoms with van der Waals surface area (Å²) in [6.45, 7) is 1.61. The fourth-order valence-electron chi connectivity index (χ4n) is 1.78. The number of benzene rings is 2. The first-order valence-electron chi connectivity index (χ1n) is 5.80. The van der Waals surface area contributed by atoms with E-state index in [0.717, 1.165) is 4.47 Å². The topological polar surface area (TPSA) is 72.2 Å². The molecule has 0 saturated carbocycles. The summed E-state index contributed by atoms with van der Waals surface area (Å²) >= 11 is 3.29. The fraction of sp³-hybridized carbons (Fsp3) is 0.0714. The van der Waals surface area contributed by atoms with E-state index in [0.29, 0.717) is 16.8 Å². The Morgan fingerprint density at radius 2 is 1.95 bits per heavy atom. The van der Waals surface area contributed by atoms with Gasteiger partial charge < -0.3 is 5.32 Å². The molecule has 102 valence electrons. The van der Waals surface area contributed by atoms with Gasteiger partial charge in [0.25, 0.3) is 11.6 Å². The highest BCUT2D eigenvalue weighted by atomic mass is 79.9. The summed E-state index contributed by atoms with van der Waals surface area (Å²) in [7, 11) is 0. The molecule has 0 aromatic heterocycles. The van der Waals surface area contributed by atoms with Gasteiger partial charge in [-0.15, -0.1) is 0 Å². The van der Waals surface area contributed by atoms with E-state index in [2.05, 4.69) is 21.2 Å². The van der Waals surface area contributed by atoms with Crippen LogP contribution in [0.2, 0.25) is 0 Å². The van der Waals surface area contributed by atoms with Crippen molar-refractivity contribution in [2.45, 2.75) is 6.92 Å². The fourth-order valence-corrected chi connectivity index (χ4v) is 2.18. The lowest BCUT2D eigenvalue weighted by atomic mass is 10.1. The summed E-state index contributed by atoms with van der Waals surface area (Å²) in [6.07, 6.45) is 0. The number of hydrogen-bond donors (Lipinski definition) is 1. The zero-order valence-electron chi connectivity index (χ0n) is 10.6. The van der Waals surface area contributed by atoms with E-state index in [-0.39, 0.29) is 11.6 Å². The Morgan fingerprint density at radius 3 is 2.60 bits per heavy atom. The molecule has 0 aliphatic heterocycles. The average Bonchev–Trinajstić information content (AvgIpc) is 2.40. The highest BCUT2D eigenvalue weighted by Gasteiger charge is 2.15. The Labute approximate surface area is 123 Å². The van der Waals surface area contributed by atoms with Crippen molar-refractivity contribution >= 4 is 33.2 Å². The van der Waals surface area contributed by atoms with Gasteiger partial charge in [0.05, 0.1) is 16.2 Å². The molecule has 0 fully saturated rings. The first kappa shape index (κ1) is 14.2. The van der Waals surface area contributed by atoms with E-state index < -0.39 is 4.92 Å². The average molecular weight is 335 g/mol. The molecule has 0 spiro atoms. The number of hydrogen-bond acceptors (Lipinski definition) is 3. The monoisotopic (exact) mass is 334 g/mol. The van der Waals surface area contributed by atoms with Gasteiger partial charge in [0.1, 0.15) is 0 Å². The molecular weight excluding hydrogens is 324 g/mol. The zero-order chi connectivity index (χ0) is 14.7. The molecular formula is C14H11BrN2O3. The molecule has 6 heteroatoms. The maximum atomic E-state index is 12.1. The van der Waals surface area contributed by atoms with Gasteiger partial charge in [-0.3, -0.25) is 14.9 Å². The highest BCUT2D eigenvalue weighted by molar-refractivity contribution is 9.10. The van der Waals surface area contributed by atoms with Gasteiger partial charge in [-0.2, -0.15) is 0 Å². The molecule has 0 aliphatic carbocycles. The summed E-state index contributed by atoms with van der Waals surface area (Å²) in [4.78, 5) is 22.5. The number of nitro benzene ring substituents is 1. The van der Waals surface area contributed by atoms with Crippen LogP contribution in [0.15, 0.2) is 46.9 Å². The van der Waals surface area contributed by atoms with E-state index in [4.69, 9.17) is 0 Å². The first-order chi connectivity index (χ1) is 9.49. The molecule has 5 nitrogen and oxygen atoms in total. The van der Waals surface area contributed by atoms with E-state index >= 15 is 0 Å². The summed E-state index contributed by atoms with van der Waals surface area (Å²) in [5, 5.41) is 13.5. The van der Waals surface area contributed by atoms with Gasteiger partial charge >= 0.3 is 0 Å². The number of nitrogens with one attached hydrogen (secondary N) is 1. The molecule has 2 aromatic rings. The minimum absolute atomic E-state index is 0.0166. The summed E-state index contributed by atoms with van der Waals surface area (Å²) in [5.41, 5.74) is 1.33. The quantitative estimate of drug-likeness (QED) is 0.683. The molecule has 20 heavy (non-hydrogen) atoms. The van der Waals surface area contributed by atoms with Crippen LogP contribution in [0.3, 0.4) is 0 Å². The van der Waals surface area contributed by atoms with Crippen LogP contribution in [0.1, 0.15) is 15.9 Å². The van der Waals surface area contributed by atoms with Gasteiger partial charge in [-0.25, -0.2) is 0 Å². The number of anilines is 1. The van der Waals surface area contributed by atoms with Crippen LogP contribution in [0.5, 0.6) is 0 Å². The number of nitrogens with zero attached hydrogens (tertiary/aromatic N) is 1. The third-order valence-electron chi connectivity index (χ3n) is 2.84. The normalized spacial score (nSPS) is 10.1. The Bertz CT molecular complexity index is 686. The predicted octanol–water partition coefficient (Wildman–Crippen LogP) is 3.92. The first-order valence-corrected chi connectivity index (χ1v) is 6.59. The second-order valence-electron chi connectivity index (χ2n) is 4.17. The SMILES string of the molecule is Cc1c(NC(=O)c2cccc(Br)c2)cccc1[N+](=O)[O-]. The lowest BCUT2D eigenvalue weighted by Gasteiger charge is -2.08. The molecule has 0 aliphatic rings. The number of nitro groups is 1. The maximum Gasteiger partial charge on any atom is 0.274 e. The van der Waals surface area contributed by atoms with Crippen molar-refractivity contribution < 1.29 is 9.72 Å². The number of halogens is 1. The molecule has 2 rings (SSSR count). The van der Waals surface area contributed by atoms with Crippen molar-refractivity contribution in [2.75, 3.05) is 5.32 Å². The smallest absolute Gasteiger partial charge is 0.274 e. The van der Waals surface area contributed by atoms with Crippen LogP contribution >= 0.6 is 15.9 Å². The molecule has 1 amide bonds. The molecule has 1 N–H and O–H groups in total. The van der Waals surface area contributed by atoms with E-state index in [9.17, 15) is 14.9 Å². The Kier molecular flexibility index (Phi) is 4.14. The Hall–Kier alpha value is -2.21. The highest BCUT2D eigenvalue weighted by Crippen LogP contribution is 2.25. The molecule has 0 heterocycles. The van der Waals surface area contributed by atoms with Gasteiger partial charge in [-0.05, 0) is 31.2 Å². The molecule has 0 saturated heterocycles. The minimum atomic E-state index is -0.468. The second kappa shape index (κ2) is 5.83. The molecule has 0 bridgehead atoms. The minimum Gasteiger partial charge on any atom is -0.321 e. The molecule has 0 unspecified atom stereocenters. The van der Waals surface area contributed by atoms with Crippen molar-refractivity contribution in [3.8, 4) is 0 Å².